The van der Waals surface area contributed by atoms with Crippen LogP contribution in [0.5, 0.6) is 0 Å². The Bertz CT molecular complexity index is 581. The minimum atomic E-state index is -0.249. The van der Waals surface area contributed by atoms with E-state index in [0.29, 0.717) is 12.5 Å². The van der Waals surface area contributed by atoms with Gasteiger partial charge in [-0.25, -0.2) is 9.37 Å². The smallest absolute Gasteiger partial charge is 0.203 e. The summed E-state index contributed by atoms with van der Waals surface area (Å²) in [6.45, 7) is 2.38. The van der Waals surface area contributed by atoms with Crippen LogP contribution in [0.4, 0.5) is 10.3 Å². The number of fused-ring (bicyclic) bond motifs is 1. The van der Waals surface area contributed by atoms with Crippen LogP contribution in [0.2, 0.25) is 0 Å². The number of H-pyrrole nitrogens is 1. The number of ether oxygens (including phenoxy) is 1. The molecule has 0 unspecified atom stereocenters. The highest BCUT2D eigenvalue weighted by atomic mass is 35.5. The molecule has 1 aliphatic heterocycles. The van der Waals surface area contributed by atoms with Crippen molar-refractivity contribution in [2.24, 2.45) is 0 Å². The molecule has 3 rings (SSSR count). The highest BCUT2D eigenvalue weighted by molar-refractivity contribution is 6.17. The van der Waals surface area contributed by atoms with Gasteiger partial charge in [0.1, 0.15) is 5.82 Å². The fraction of sp³-hybridized carbons (Fsp3) is 0.500. The summed E-state index contributed by atoms with van der Waals surface area (Å²) in [5.41, 5.74) is 1.53. The predicted molar refractivity (Wildman–Crippen MR) is 78.0 cm³/mol. The quantitative estimate of drug-likeness (QED) is 0.882. The molecular formula is C14H17ClFN3O. The summed E-state index contributed by atoms with van der Waals surface area (Å²) in [4.78, 5) is 9.86. The number of piperidine rings is 1. The molecule has 1 aromatic carbocycles. The van der Waals surface area contributed by atoms with Gasteiger partial charge in [0.2, 0.25) is 5.95 Å². The van der Waals surface area contributed by atoms with Gasteiger partial charge in [0.05, 0.1) is 23.7 Å². The normalized spacial score (nSPS) is 17.0. The zero-order chi connectivity index (χ0) is 13.9. The summed E-state index contributed by atoms with van der Waals surface area (Å²) in [6.07, 6.45) is 2.21. The summed E-state index contributed by atoms with van der Waals surface area (Å²) < 4.78 is 18.8. The van der Waals surface area contributed by atoms with Gasteiger partial charge >= 0.3 is 0 Å². The van der Waals surface area contributed by atoms with Crippen molar-refractivity contribution < 1.29 is 9.13 Å². The number of aromatic nitrogens is 2. The monoisotopic (exact) mass is 297 g/mol. The predicted octanol–water partition coefficient (Wildman–Crippen LogP) is 2.93. The van der Waals surface area contributed by atoms with Gasteiger partial charge in [-0.3, -0.25) is 0 Å². The standard InChI is InChI=1S/C14H17ClFN3O/c15-5-8-20-11-3-6-19(7-4-11)14-17-12-2-1-10(16)9-13(12)18-14/h1-2,9,11H,3-8H2,(H,17,18). The van der Waals surface area contributed by atoms with Crippen LogP contribution in [0.1, 0.15) is 12.8 Å². The zero-order valence-corrected chi connectivity index (χ0v) is 11.9. The molecule has 0 saturated carbocycles. The number of hydrogen-bond donors (Lipinski definition) is 1. The minimum Gasteiger partial charge on any atom is -0.377 e. The second kappa shape index (κ2) is 5.97. The van der Waals surface area contributed by atoms with Gasteiger partial charge in [-0.1, -0.05) is 0 Å². The van der Waals surface area contributed by atoms with Crippen LogP contribution in [-0.2, 0) is 4.74 Å². The first kappa shape index (κ1) is 13.6. The zero-order valence-electron chi connectivity index (χ0n) is 11.1. The summed E-state index contributed by atoms with van der Waals surface area (Å²) in [5, 5.41) is 0. The van der Waals surface area contributed by atoms with E-state index in [0.717, 1.165) is 42.9 Å². The van der Waals surface area contributed by atoms with Gasteiger partial charge < -0.3 is 14.6 Å². The van der Waals surface area contributed by atoms with E-state index in [1.54, 1.807) is 6.07 Å². The lowest BCUT2D eigenvalue weighted by Gasteiger charge is -2.31. The number of alkyl halides is 1. The molecule has 108 valence electrons. The average Bonchev–Trinajstić information content (AvgIpc) is 2.88. The Morgan fingerprint density at radius 1 is 1.40 bits per heavy atom. The molecule has 4 nitrogen and oxygen atoms in total. The van der Waals surface area contributed by atoms with Crippen LogP contribution in [0, 0.1) is 5.82 Å². The van der Waals surface area contributed by atoms with E-state index in [1.165, 1.54) is 12.1 Å². The maximum Gasteiger partial charge on any atom is 0.203 e. The van der Waals surface area contributed by atoms with Crippen LogP contribution in [0.15, 0.2) is 18.2 Å². The van der Waals surface area contributed by atoms with Gasteiger partial charge in [0.25, 0.3) is 0 Å². The lowest BCUT2D eigenvalue weighted by atomic mass is 10.1. The summed E-state index contributed by atoms with van der Waals surface area (Å²) in [7, 11) is 0. The Kier molecular flexibility index (Phi) is 4.08. The minimum absolute atomic E-state index is 0.249. The van der Waals surface area contributed by atoms with E-state index in [2.05, 4.69) is 14.9 Å². The van der Waals surface area contributed by atoms with Crippen molar-refractivity contribution in [1.82, 2.24) is 9.97 Å². The fourth-order valence-electron chi connectivity index (χ4n) is 2.56. The molecular weight excluding hydrogens is 281 g/mol. The van der Waals surface area contributed by atoms with Crippen molar-refractivity contribution in [2.45, 2.75) is 18.9 Å². The molecule has 0 bridgehead atoms. The number of imidazole rings is 1. The Labute approximate surface area is 121 Å². The Morgan fingerprint density at radius 3 is 2.95 bits per heavy atom. The number of hydrogen-bond acceptors (Lipinski definition) is 3. The van der Waals surface area contributed by atoms with Crippen LogP contribution >= 0.6 is 11.6 Å². The third kappa shape index (κ3) is 2.88. The second-order valence-electron chi connectivity index (χ2n) is 4.97. The third-order valence-corrected chi connectivity index (χ3v) is 3.76. The molecule has 1 aliphatic rings. The van der Waals surface area contributed by atoms with Crippen LogP contribution < -0.4 is 4.90 Å². The van der Waals surface area contributed by atoms with E-state index < -0.39 is 0 Å². The number of rotatable bonds is 4. The largest absolute Gasteiger partial charge is 0.377 e. The molecule has 1 fully saturated rings. The Balaban J connectivity index is 1.67. The summed E-state index contributed by atoms with van der Waals surface area (Å²) in [5.74, 6) is 1.09. The maximum atomic E-state index is 13.2. The molecule has 0 spiro atoms. The molecule has 1 saturated heterocycles. The van der Waals surface area contributed by atoms with Gasteiger partial charge in [-0.15, -0.1) is 11.6 Å². The van der Waals surface area contributed by atoms with E-state index in [9.17, 15) is 4.39 Å². The van der Waals surface area contributed by atoms with Crippen molar-refractivity contribution in [3.63, 3.8) is 0 Å². The fourth-order valence-corrected chi connectivity index (χ4v) is 2.65. The van der Waals surface area contributed by atoms with E-state index in [-0.39, 0.29) is 11.9 Å². The molecule has 2 aromatic rings. The van der Waals surface area contributed by atoms with Gasteiger partial charge in [0, 0.05) is 19.0 Å². The lowest BCUT2D eigenvalue weighted by Crippen LogP contribution is -2.37. The highest BCUT2D eigenvalue weighted by Crippen LogP contribution is 2.22. The van der Waals surface area contributed by atoms with Crippen LogP contribution in [-0.4, -0.2) is 41.6 Å². The first-order valence-corrected chi connectivity index (χ1v) is 7.37. The molecule has 1 N–H and O–H groups in total. The topological polar surface area (TPSA) is 41.2 Å². The van der Waals surface area contributed by atoms with E-state index in [4.69, 9.17) is 16.3 Å². The SMILES string of the molecule is Fc1ccc2nc(N3CCC(OCCCl)CC3)[nH]c2c1. The number of halogens is 2. The Hall–Kier alpha value is -1.33. The van der Waals surface area contributed by atoms with Crippen molar-refractivity contribution in [2.75, 3.05) is 30.5 Å². The molecule has 0 radical (unpaired) electrons. The van der Waals surface area contributed by atoms with Crippen molar-refractivity contribution in [1.29, 1.82) is 0 Å². The Morgan fingerprint density at radius 2 is 2.20 bits per heavy atom. The first-order valence-electron chi connectivity index (χ1n) is 6.84. The number of benzene rings is 1. The maximum absolute atomic E-state index is 13.2. The molecule has 20 heavy (non-hydrogen) atoms. The summed E-state index contributed by atoms with van der Waals surface area (Å²) >= 11 is 5.62. The summed E-state index contributed by atoms with van der Waals surface area (Å²) in [6, 6.07) is 4.60. The highest BCUT2D eigenvalue weighted by Gasteiger charge is 2.21. The van der Waals surface area contributed by atoms with E-state index in [1.807, 2.05) is 0 Å². The van der Waals surface area contributed by atoms with Crippen molar-refractivity contribution in [3.05, 3.63) is 24.0 Å². The molecule has 2 heterocycles. The number of anilines is 1. The van der Waals surface area contributed by atoms with Gasteiger partial charge in [-0.2, -0.15) is 0 Å². The first-order chi connectivity index (χ1) is 9.76. The molecule has 0 aliphatic carbocycles. The van der Waals surface area contributed by atoms with E-state index >= 15 is 0 Å². The molecule has 0 atom stereocenters. The van der Waals surface area contributed by atoms with Gasteiger partial charge in [0.15, 0.2) is 0 Å². The number of nitrogens with one attached hydrogen (secondary N) is 1. The second-order valence-corrected chi connectivity index (χ2v) is 5.35. The average molecular weight is 298 g/mol. The van der Waals surface area contributed by atoms with Crippen LogP contribution in [0.25, 0.3) is 11.0 Å². The lowest BCUT2D eigenvalue weighted by molar-refractivity contribution is 0.0470. The number of aromatic amines is 1. The van der Waals surface area contributed by atoms with Crippen molar-refractivity contribution >= 4 is 28.6 Å². The third-order valence-electron chi connectivity index (χ3n) is 3.60. The van der Waals surface area contributed by atoms with Crippen molar-refractivity contribution in [3.8, 4) is 0 Å². The molecule has 6 heteroatoms. The molecule has 0 amide bonds. The number of nitrogens with zero attached hydrogens (tertiary/aromatic N) is 2. The van der Waals surface area contributed by atoms with Gasteiger partial charge in [-0.05, 0) is 31.0 Å². The van der Waals surface area contributed by atoms with Crippen LogP contribution in [0.3, 0.4) is 0 Å². The molecule has 1 aromatic heterocycles.